The van der Waals surface area contributed by atoms with E-state index in [1.165, 1.54) is 0 Å². The molecule has 4 heteroatoms. The fourth-order valence-corrected chi connectivity index (χ4v) is 3.41. The normalized spacial score (nSPS) is 10.6. The average Bonchev–Trinajstić information content (AvgIpc) is 2.75. The van der Waals surface area contributed by atoms with Gasteiger partial charge >= 0.3 is 0 Å². The van der Waals surface area contributed by atoms with Crippen molar-refractivity contribution in [2.45, 2.75) is 0 Å². The van der Waals surface area contributed by atoms with Crippen LogP contribution < -0.4 is 10.1 Å². The zero-order valence-electron chi connectivity index (χ0n) is 15.3. The Labute approximate surface area is 172 Å². The molecule has 1 N–H and O–H groups in total. The minimum atomic E-state index is -0.101. The molecule has 0 unspecified atom stereocenters. The number of carbonyl (C=O) groups is 1. The smallest absolute Gasteiger partial charge is 0.251 e. The molecule has 0 aromatic heterocycles. The molecule has 0 saturated heterocycles. The van der Waals surface area contributed by atoms with Crippen LogP contribution in [0.1, 0.15) is 10.4 Å². The lowest BCUT2D eigenvalue weighted by molar-refractivity contribution is 0.0963. The van der Waals surface area contributed by atoms with E-state index in [2.05, 4.69) is 45.5 Å². The van der Waals surface area contributed by atoms with Gasteiger partial charge in [0.05, 0.1) is 0 Å². The molecule has 4 aromatic carbocycles. The highest BCUT2D eigenvalue weighted by molar-refractivity contribution is 9.10. The Morgan fingerprint density at radius 2 is 1.57 bits per heavy atom. The lowest BCUT2D eigenvalue weighted by Crippen LogP contribution is -2.17. The third kappa shape index (κ3) is 3.64. The zero-order valence-corrected chi connectivity index (χ0v) is 16.9. The maximum absolute atomic E-state index is 11.8. The minimum absolute atomic E-state index is 0.101. The summed E-state index contributed by atoms with van der Waals surface area (Å²) in [6.07, 6.45) is 0. The maximum atomic E-state index is 11.8. The Morgan fingerprint density at radius 1 is 0.857 bits per heavy atom. The van der Waals surface area contributed by atoms with Crippen molar-refractivity contribution in [1.82, 2.24) is 5.32 Å². The Balaban J connectivity index is 1.83. The van der Waals surface area contributed by atoms with Gasteiger partial charge in [0.25, 0.3) is 5.91 Å². The minimum Gasteiger partial charge on any atom is -0.456 e. The summed E-state index contributed by atoms with van der Waals surface area (Å²) < 4.78 is 7.33. The first-order valence-corrected chi connectivity index (χ1v) is 9.73. The molecular weight excluding hydrogens is 414 g/mol. The van der Waals surface area contributed by atoms with E-state index in [1.54, 1.807) is 7.05 Å². The van der Waals surface area contributed by atoms with Crippen molar-refractivity contribution in [3.63, 3.8) is 0 Å². The molecule has 0 bridgehead atoms. The quantitative estimate of drug-likeness (QED) is 0.404. The molecule has 0 atom stereocenters. The largest absolute Gasteiger partial charge is 0.456 e. The first-order chi connectivity index (χ1) is 13.7. The highest BCUT2D eigenvalue weighted by Crippen LogP contribution is 2.39. The lowest BCUT2D eigenvalue weighted by atomic mass is 9.98. The number of nitrogens with one attached hydrogen (secondary N) is 1. The number of hydrogen-bond acceptors (Lipinski definition) is 2. The van der Waals surface area contributed by atoms with Crippen LogP contribution in [-0.2, 0) is 0 Å². The molecule has 1 amide bonds. The van der Waals surface area contributed by atoms with Crippen LogP contribution in [0.2, 0.25) is 0 Å². The molecule has 0 spiro atoms. The van der Waals surface area contributed by atoms with Crippen molar-refractivity contribution in [3.8, 4) is 22.6 Å². The summed E-state index contributed by atoms with van der Waals surface area (Å²) in [7, 11) is 1.63. The van der Waals surface area contributed by atoms with Crippen LogP contribution in [0.5, 0.6) is 11.5 Å². The molecular formula is C24H18BrNO2. The molecule has 0 aliphatic rings. The molecule has 138 valence electrons. The second-order valence-corrected chi connectivity index (χ2v) is 7.29. The van der Waals surface area contributed by atoms with E-state index in [4.69, 9.17) is 4.74 Å². The van der Waals surface area contributed by atoms with Crippen LogP contribution in [0.3, 0.4) is 0 Å². The van der Waals surface area contributed by atoms with Gasteiger partial charge in [-0.1, -0.05) is 58.4 Å². The first kappa shape index (κ1) is 18.3. The van der Waals surface area contributed by atoms with Gasteiger partial charge in [-0.15, -0.1) is 0 Å². The van der Waals surface area contributed by atoms with Crippen molar-refractivity contribution in [3.05, 3.63) is 95.0 Å². The highest BCUT2D eigenvalue weighted by atomic mass is 79.9. The molecule has 28 heavy (non-hydrogen) atoms. The van der Waals surface area contributed by atoms with E-state index in [0.717, 1.165) is 37.9 Å². The number of benzene rings is 4. The van der Waals surface area contributed by atoms with E-state index >= 15 is 0 Å². The Morgan fingerprint density at radius 3 is 2.29 bits per heavy atom. The summed E-state index contributed by atoms with van der Waals surface area (Å²) in [5.41, 5.74) is 2.60. The number of rotatable bonds is 4. The second kappa shape index (κ2) is 7.87. The van der Waals surface area contributed by atoms with E-state index < -0.39 is 0 Å². The summed E-state index contributed by atoms with van der Waals surface area (Å²) in [4.78, 5) is 11.8. The predicted molar refractivity (Wildman–Crippen MR) is 117 cm³/mol. The van der Waals surface area contributed by atoms with Gasteiger partial charge in [-0.3, -0.25) is 4.79 Å². The summed E-state index contributed by atoms with van der Waals surface area (Å²) >= 11 is 3.46. The monoisotopic (exact) mass is 431 g/mol. The van der Waals surface area contributed by atoms with Gasteiger partial charge in [0.15, 0.2) is 0 Å². The molecule has 3 nitrogen and oxygen atoms in total. The van der Waals surface area contributed by atoms with Crippen molar-refractivity contribution in [2.24, 2.45) is 0 Å². The van der Waals surface area contributed by atoms with Crippen molar-refractivity contribution in [1.29, 1.82) is 0 Å². The number of amides is 1. The zero-order chi connectivity index (χ0) is 19.5. The maximum Gasteiger partial charge on any atom is 0.251 e. The van der Waals surface area contributed by atoms with Gasteiger partial charge in [0.2, 0.25) is 0 Å². The van der Waals surface area contributed by atoms with E-state index in [1.807, 2.05) is 60.7 Å². The van der Waals surface area contributed by atoms with E-state index in [0.29, 0.717) is 5.56 Å². The Bertz CT molecular complexity index is 1140. The fraction of sp³-hybridized carbons (Fsp3) is 0.0417. The number of halogens is 1. The summed E-state index contributed by atoms with van der Waals surface area (Å²) in [6, 6.07) is 27.6. The average molecular weight is 432 g/mol. The molecule has 0 saturated carbocycles. The predicted octanol–water partition coefficient (Wildman–Crippen LogP) is 6.42. The molecule has 0 fully saturated rings. The standard InChI is InChI=1S/C24H18BrNO2/c1-26-24(27)18-8-6-17(7-9-18)22-15-10-16-4-2-3-5-21(16)23(22)28-20-13-11-19(25)12-14-20/h2-15H,1H3,(H,26,27). The lowest BCUT2D eigenvalue weighted by Gasteiger charge is -2.15. The van der Waals surface area contributed by atoms with E-state index in [9.17, 15) is 4.79 Å². The third-order valence-electron chi connectivity index (χ3n) is 4.60. The van der Waals surface area contributed by atoms with Crippen LogP contribution in [0, 0.1) is 0 Å². The summed E-state index contributed by atoms with van der Waals surface area (Å²) in [6.45, 7) is 0. The number of carbonyl (C=O) groups excluding carboxylic acids is 1. The summed E-state index contributed by atoms with van der Waals surface area (Å²) in [5.74, 6) is 1.47. The van der Waals surface area contributed by atoms with Crippen LogP contribution in [0.4, 0.5) is 0 Å². The van der Waals surface area contributed by atoms with Crippen LogP contribution >= 0.6 is 15.9 Å². The summed E-state index contributed by atoms with van der Waals surface area (Å²) in [5, 5.41) is 4.80. The van der Waals surface area contributed by atoms with Crippen LogP contribution in [0.25, 0.3) is 21.9 Å². The SMILES string of the molecule is CNC(=O)c1ccc(-c2ccc3ccccc3c2Oc2ccc(Br)cc2)cc1. The van der Waals surface area contributed by atoms with Gasteiger partial charge < -0.3 is 10.1 Å². The fourth-order valence-electron chi connectivity index (χ4n) is 3.15. The van der Waals surface area contributed by atoms with Crippen molar-refractivity contribution >= 4 is 32.6 Å². The second-order valence-electron chi connectivity index (χ2n) is 6.38. The van der Waals surface area contributed by atoms with Crippen molar-refractivity contribution in [2.75, 3.05) is 7.05 Å². The Hall–Kier alpha value is -3.11. The van der Waals surface area contributed by atoms with Gasteiger partial charge in [-0.05, 0) is 53.4 Å². The number of fused-ring (bicyclic) bond motifs is 1. The number of hydrogen-bond donors (Lipinski definition) is 1. The van der Waals surface area contributed by atoms with Crippen molar-refractivity contribution < 1.29 is 9.53 Å². The molecule has 4 rings (SSSR count). The van der Waals surface area contributed by atoms with Gasteiger partial charge in [-0.2, -0.15) is 0 Å². The first-order valence-electron chi connectivity index (χ1n) is 8.93. The Kier molecular flexibility index (Phi) is 5.13. The third-order valence-corrected chi connectivity index (χ3v) is 5.13. The molecule has 0 radical (unpaired) electrons. The van der Waals surface area contributed by atoms with Gasteiger partial charge in [0, 0.05) is 28.0 Å². The molecule has 0 aliphatic carbocycles. The van der Waals surface area contributed by atoms with E-state index in [-0.39, 0.29) is 5.91 Å². The highest BCUT2D eigenvalue weighted by Gasteiger charge is 2.13. The molecule has 0 aliphatic heterocycles. The van der Waals surface area contributed by atoms with Crippen LogP contribution in [0.15, 0.2) is 89.4 Å². The molecule has 0 heterocycles. The molecule has 4 aromatic rings. The van der Waals surface area contributed by atoms with Crippen LogP contribution in [-0.4, -0.2) is 13.0 Å². The van der Waals surface area contributed by atoms with Gasteiger partial charge in [-0.25, -0.2) is 0 Å². The number of ether oxygens (including phenoxy) is 1. The topological polar surface area (TPSA) is 38.3 Å². The van der Waals surface area contributed by atoms with Gasteiger partial charge in [0.1, 0.15) is 11.5 Å².